The fourth-order valence-electron chi connectivity index (χ4n) is 1.26. The smallest absolute Gasteiger partial charge is 0.376 e. The van der Waals surface area contributed by atoms with Gasteiger partial charge in [-0.3, -0.25) is 0 Å². The van der Waals surface area contributed by atoms with Crippen LogP contribution in [0.15, 0.2) is 24.3 Å². The minimum Gasteiger partial charge on any atom is -0.376 e. The summed E-state index contributed by atoms with van der Waals surface area (Å²) in [6.07, 6.45) is -3.63. The second kappa shape index (κ2) is 5.02. The van der Waals surface area contributed by atoms with Crippen molar-refractivity contribution in [1.82, 2.24) is 0 Å². The summed E-state index contributed by atoms with van der Waals surface area (Å²) in [4.78, 5) is 0. The number of para-hydroxylation sites is 1. The van der Waals surface area contributed by atoms with Crippen LogP contribution in [-0.4, -0.2) is 19.3 Å². The van der Waals surface area contributed by atoms with E-state index in [0.717, 1.165) is 5.56 Å². The molecule has 0 saturated heterocycles. The number of anilines is 1. The van der Waals surface area contributed by atoms with Gasteiger partial charge in [-0.05, 0) is 24.6 Å². The van der Waals surface area contributed by atoms with Gasteiger partial charge in [0.15, 0.2) is 0 Å². The molecule has 0 aromatic heterocycles. The highest BCUT2D eigenvalue weighted by Crippen LogP contribution is 2.19. The molecule has 1 aromatic rings. The number of alkyl halides is 3. The Bertz CT molecular complexity index is 310. The molecule has 0 saturated carbocycles. The maximum atomic E-state index is 12.0. The van der Waals surface area contributed by atoms with E-state index in [0.29, 0.717) is 18.7 Å². The van der Waals surface area contributed by atoms with Gasteiger partial charge >= 0.3 is 6.18 Å². The first-order chi connectivity index (χ1) is 7.03. The highest BCUT2D eigenvalue weighted by Gasteiger charge is 2.26. The van der Waals surface area contributed by atoms with Crippen LogP contribution in [0.25, 0.3) is 0 Å². The van der Waals surface area contributed by atoms with Gasteiger partial charge in [0, 0.05) is 5.69 Å². The second-order valence-electron chi connectivity index (χ2n) is 3.16. The molecule has 2 nitrogen and oxygen atoms in total. The number of nitrogens with two attached hydrogens (primary N) is 1. The zero-order valence-electron chi connectivity index (χ0n) is 8.14. The largest absolute Gasteiger partial charge is 0.405 e. The summed E-state index contributed by atoms with van der Waals surface area (Å²) in [6, 6.07) is 6.87. The molecular formula is C10H13F3N2. The zero-order chi connectivity index (χ0) is 11.3. The third-order valence-electron chi connectivity index (χ3n) is 1.91. The summed E-state index contributed by atoms with van der Waals surface area (Å²) in [5.41, 5.74) is 6.67. The summed E-state index contributed by atoms with van der Waals surface area (Å²) in [5, 5.41) is 2.36. The van der Waals surface area contributed by atoms with Crippen molar-refractivity contribution in [3.8, 4) is 0 Å². The van der Waals surface area contributed by atoms with E-state index in [1.54, 1.807) is 24.3 Å². The summed E-state index contributed by atoms with van der Waals surface area (Å²) in [6.45, 7) is -0.598. The molecule has 0 spiro atoms. The molecule has 15 heavy (non-hydrogen) atoms. The van der Waals surface area contributed by atoms with Gasteiger partial charge in [-0.25, -0.2) is 0 Å². The first-order valence-electron chi connectivity index (χ1n) is 4.61. The van der Waals surface area contributed by atoms with Crippen molar-refractivity contribution in [3.63, 3.8) is 0 Å². The Labute approximate surface area is 86.3 Å². The number of halogens is 3. The van der Waals surface area contributed by atoms with Crippen LogP contribution in [0.1, 0.15) is 5.56 Å². The predicted molar refractivity (Wildman–Crippen MR) is 53.7 cm³/mol. The van der Waals surface area contributed by atoms with Gasteiger partial charge in [0.1, 0.15) is 6.54 Å². The number of benzene rings is 1. The monoisotopic (exact) mass is 218 g/mol. The molecule has 0 aliphatic carbocycles. The summed E-state index contributed by atoms with van der Waals surface area (Å²) in [7, 11) is 0. The average molecular weight is 218 g/mol. The topological polar surface area (TPSA) is 38.0 Å². The minimum atomic E-state index is -4.20. The molecule has 0 radical (unpaired) electrons. The molecule has 84 valence electrons. The molecular weight excluding hydrogens is 205 g/mol. The predicted octanol–water partition coefficient (Wildman–Crippen LogP) is 2.16. The van der Waals surface area contributed by atoms with Crippen LogP contribution < -0.4 is 11.1 Å². The lowest BCUT2D eigenvalue weighted by molar-refractivity contribution is -0.115. The molecule has 3 N–H and O–H groups in total. The van der Waals surface area contributed by atoms with Crippen LogP contribution in [-0.2, 0) is 6.42 Å². The average Bonchev–Trinajstić information content (AvgIpc) is 2.16. The van der Waals surface area contributed by atoms with Crippen molar-refractivity contribution in [2.24, 2.45) is 5.73 Å². The van der Waals surface area contributed by atoms with Gasteiger partial charge in [0.05, 0.1) is 0 Å². The van der Waals surface area contributed by atoms with Gasteiger partial charge in [-0.15, -0.1) is 0 Å². The molecule has 0 aliphatic heterocycles. The van der Waals surface area contributed by atoms with Crippen LogP contribution in [0, 0.1) is 0 Å². The lowest BCUT2D eigenvalue weighted by atomic mass is 10.1. The molecule has 0 fully saturated rings. The Hall–Kier alpha value is -1.23. The van der Waals surface area contributed by atoms with Gasteiger partial charge < -0.3 is 11.1 Å². The third kappa shape index (κ3) is 4.20. The molecule has 0 amide bonds. The van der Waals surface area contributed by atoms with Gasteiger partial charge in [0.25, 0.3) is 0 Å². The maximum absolute atomic E-state index is 12.0. The van der Waals surface area contributed by atoms with Crippen LogP contribution in [0.5, 0.6) is 0 Å². The third-order valence-corrected chi connectivity index (χ3v) is 1.91. The van der Waals surface area contributed by atoms with E-state index in [1.165, 1.54) is 0 Å². The molecule has 1 aromatic carbocycles. The van der Waals surface area contributed by atoms with E-state index in [-0.39, 0.29) is 0 Å². The van der Waals surface area contributed by atoms with Crippen LogP contribution >= 0.6 is 0 Å². The second-order valence-corrected chi connectivity index (χ2v) is 3.16. The summed E-state index contributed by atoms with van der Waals surface area (Å²) in [5.74, 6) is 0. The van der Waals surface area contributed by atoms with E-state index < -0.39 is 12.7 Å². The number of nitrogens with one attached hydrogen (secondary N) is 1. The minimum absolute atomic E-state index is 0.421. The van der Waals surface area contributed by atoms with Crippen molar-refractivity contribution in [2.75, 3.05) is 18.4 Å². The SMILES string of the molecule is NCCc1ccccc1NCC(F)(F)F. The Morgan fingerprint density at radius 3 is 2.47 bits per heavy atom. The normalized spacial score (nSPS) is 11.5. The first kappa shape index (κ1) is 11.8. The van der Waals surface area contributed by atoms with Gasteiger partial charge in [0.2, 0.25) is 0 Å². The molecule has 1 rings (SSSR count). The van der Waals surface area contributed by atoms with E-state index in [4.69, 9.17) is 5.73 Å². The molecule has 5 heteroatoms. The van der Waals surface area contributed by atoms with E-state index >= 15 is 0 Å². The standard InChI is InChI=1S/C10H13F3N2/c11-10(12,13)7-15-9-4-2-1-3-8(9)5-6-14/h1-4,15H,5-7,14H2. The molecule has 0 atom stereocenters. The fourth-order valence-corrected chi connectivity index (χ4v) is 1.26. The molecule has 0 unspecified atom stereocenters. The first-order valence-corrected chi connectivity index (χ1v) is 4.61. The van der Waals surface area contributed by atoms with E-state index in [1.807, 2.05) is 0 Å². The zero-order valence-corrected chi connectivity index (χ0v) is 8.14. The van der Waals surface area contributed by atoms with Gasteiger partial charge in [-0.1, -0.05) is 18.2 Å². The van der Waals surface area contributed by atoms with Crippen LogP contribution in [0.4, 0.5) is 18.9 Å². The lowest BCUT2D eigenvalue weighted by Crippen LogP contribution is -2.22. The van der Waals surface area contributed by atoms with Crippen LogP contribution in [0.3, 0.4) is 0 Å². The van der Waals surface area contributed by atoms with E-state index in [2.05, 4.69) is 5.32 Å². The fraction of sp³-hybridized carbons (Fsp3) is 0.400. The Balaban J connectivity index is 2.67. The van der Waals surface area contributed by atoms with E-state index in [9.17, 15) is 13.2 Å². The number of hydrogen-bond acceptors (Lipinski definition) is 2. The Kier molecular flexibility index (Phi) is 3.96. The Morgan fingerprint density at radius 1 is 1.20 bits per heavy atom. The molecule has 0 heterocycles. The van der Waals surface area contributed by atoms with Crippen LogP contribution in [0.2, 0.25) is 0 Å². The molecule has 0 aliphatic rings. The number of rotatable bonds is 4. The Morgan fingerprint density at radius 2 is 1.87 bits per heavy atom. The van der Waals surface area contributed by atoms with Crippen molar-refractivity contribution >= 4 is 5.69 Å². The van der Waals surface area contributed by atoms with Crippen molar-refractivity contribution in [3.05, 3.63) is 29.8 Å². The van der Waals surface area contributed by atoms with Crippen molar-refractivity contribution < 1.29 is 13.2 Å². The van der Waals surface area contributed by atoms with Gasteiger partial charge in [-0.2, -0.15) is 13.2 Å². The molecule has 0 bridgehead atoms. The number of hydrogen-bond donors (Lipinski definition) is 2. The van der Waals surface area contributed by atoms with Crippen molar-refractivity contribution in [2.45, 2.75) is 12.6 Å². The summed E-state index contributed by atoms with van der Waals surface area (Å²) < 4.78 is 35.9. The highest BCUT2D eigenvalue weighted by atomic mass is 19.4. The summed E-state index contributed by atoms with van der Waals surface area (Å²) >= 11 is 0. The lowest BCUT2D eigenvalue weighted by Gasteiger charge is -2.12. The van der Waals surface area contributed by atoms with Crippen molar-refractivity contribution in [1.29, 1.82) is 0 Å². The maximum Gasteiger partial charge on any atom is 0.405 e. The highest BCUT2D eigenvalue weighted by molar-refractivity contribution is 5.51. The quantitative estimate of drug-likeness (QED) is 0.812.